The van der Waals surface area contributed by atoms with Crippen LogP contribution < -0.4 is 20.7 Å². The fourth-order valence-corrected chi connectivity index (χ4v) is 1.76. The van der Waals surface area contributed by atoms with Gasteiger partial charge in [0.2, 0.25) is 0 Å². The Hall–Kier alpha value is -2.57. The van der Waals surface area contributed by atoms with E-state index in [4.69, 9.17) is 4.74 Å². The van der Waals surface area contributed by atoms with Gasteiger partial charge in [0.15, 0.2) is 0 Å². The van der Waals surface area contributed by atoms with Crippen LogP contribution in [0.25, 0.3) is 0 Å². The second-order valence-electron chi connectivity index (χ2n) is 4.18. The Morgan fingerprint density at radius 2 is 2.05 bits per heavy atom. The number of rotatable bonds is 4. The van der Waals surface area contributed by atoms with Gasteiger partial charge < -0.3 is 15.4 Å². The quantitative estimate of drug-likeness (QED) is 0.723. The highest BCUT2D eigenvalue weighted by molar-refractivity contribution is 6.03. The molecule has 4 amide bonds. The molecule has 1 aromatic rings. The molecular formula is C13H15N3O4. The molecule has 1 unspecified atom stereocenters. The van der Waals surface area contributed by atoms with Crippen LogP contribution in [0.3, 0.4) is 0 Å². The van der Waals surface area contributed by atoms with E-state index in [0.717, 1.165) is 0 Å². The van der Waals surface area contributed by atoms with Gasteiger partial charge in [-0.25, -0.2) is 4.79 Å². The molecule has 1 aliphatic heterocycles. The first-order valence-electron chi connectivity index (χ1n) is 6.22. The highest BCUT2D eigenvalue weighted by Crippen LogP contribution is 2.12. The first-order valence-corrected chi connectivity index (χ1v) is 6.22. The fraction of sp³-hybridized carbons (Fsp3) is 0.308. The summed E-state index contributed by atoms with van der Waals surface area (Å²) < 4.78 is 5.28. The summed E-state index contributed by atoms with van der Waals surface area (Å²) in [5.74, 6) is -0.232. The Morgan fingerprint density at radius 3 is 2.65 bits per heavy atom. The molecule has 1 saturated heterocycles. The number of urea groups is 1. The van der Waals surface area contributed by atoms with Gasteiger partial charge in [-0.15, -0.1) is 0 Å². The summed E-state index contributed by atoms with van der Waals surface area (Å²) in [5.41, 5.74) is 0.415. The molecule has 20 heavy (non-hydrogen) atoms. The number of hydrogen-bond donors (Lipinski definition) is 3. The topological polar surface area (TPSA) is 96.5 Å². The minimum atomic E-state index is -0.772. The van der Waals surface area contributed by atoms with Crippen LogP contribution in [0.5, 0.6) is 5.75 Å². The Bertz CT molecular complexity index is 527. The number of nitrogens with one attached hydrogen (secondary N) is 3. The molecule has 1 aromatic carbocycles. The maximum Gasteiger partial charge on any atom is 0.321 e. The van der Waals surface area contributed by atoms with Crippen LogP contribution in [-0.4, -0.2) is 37.0 Å². The zero-order valence-corrected chi connectivity index (χ0v) is 10.9. The van der Waals surface area contributed by atoms with Gasteiger partial charge >= 0.3 is 6.03 Å². The Labute approximate surface area is 115 Å². The van der Waals surface area contributed by atoms with Crippen LogP contribution in [0, 0.1) is 0 Å². The molecule has 3 N–H and O–H groups in total. The lowest BCUT2D eigenvalue weighted by atomic mass is 10.1. The van der Waals surface area contributed by atoms with E-state index in [9.17, 15) is 14.4 Å². The summed E-state index contributed by atoms with van der Waals surface area (Å²) in [6.45, 7) is 2.50. The van der Waals surface area contributed by atoms with E-state index in [1.54, 1.807) is 24.3 Å². The van der Waals surface area contributed by atoms with Gasteiger partial charge in [0.25, 0.3) is 11.8 Å². The van der Waals surface area contributed by atoms with Gasteiger partial charge in [-0.2, -0.15) is 0 Å². The number of carbonyl (C=O) groups is 3. The zero-order chi connectivity index (χ0) is 14.5. The maximum atomic E-state index is 12.0. The second kappa shape index (κ2) is 6.05. The van der Waals surface area contributed by atoms with Crippen molar-refractivity contribution in [3.8, 4) is 5.75 Å². The number of hydrogen-bond acceptors (Lipinski definition) is 4. The minimum absolute atomic E-state index is 0.0768. The molecule has 7 nitrogen and oxygen atoms in total. The molecule has 0 aromatic heterocycles. The molecule has 1 aliphatic rings. The molecule has 1 atom stereocenters. The normalized spacial score (nSPS) is 17.9. The third kappa shape index (κ3) is 3.25. The maximum absolute atomic E-state index is 12.0. The SMILES string of the molecule is CCOc1ccc(C(=O)NC2CNC(=O)NC2=O)cc1. The van der Waals surface area contributed by atoms with E-state index in [1.165, 1.54) is 0 Å². The lowest BCUT2D eigenvalue weighted by molar-refractivity contribution is -0.122. The third-order valence-electron chi connectivity index (χ3n) is 2.75. The van der Waals surface area contributed by atoms with Crippen molar-refractivity contribution in [2.24, 2.45) is 0 Å². The summed E-state index contributed by atoms with van der Waals surface area (Å²) in [6, 6.07) is 5.26. The lowest BCUT2D eigenvalue weighted by Gasteiger charge is -2.22. The first-order chi connectivity index (χ1) is 9.60. The van der Waals surface area contributed by atoms with Crippen LogP contribution in [0.15, 0.2) is 24.3 Å². The Morgan fingerprint density at radius 1 is 1.35 bits per heavy atom. The first kappa shape index (κ1) is 13.9. The van der Waals surface area contributed by atoms with E-state index in [0.29, 0.717) is 17.9 Å². The van der Waals surface area contributed by atoms with Crippen molar-refractivity contribution in [1.29, 1.82) is 0 Å². The third-order valence-corrected chi connectivity index (χ3v) is 2.75. The number of imide groups is 1. The van der Waals surface area contributed by atoms with Crippen LogP contribution in [0.1, 0.15) is 17.3 Å². The van der Waals surface area contributed by atoms with E-state index in [1.807, 2.05) is 6.92 Å². The summed E-state index contributed by atoms with van der Waals surface area (Å²) >= 11 is 0. The largest absolute Gasteiger partial charge is 0.494 e. The predicted molar refractivity (Wildman–Crippen MR) is 70.4 cm³/mol. The monoisotopic (exact) mass is 277 g/mol. The molecule has 1 heterocycles. The number of benzene rings is 1. The number of amides is 4. The van der Waals surface area contributed by atoms with Crippen molar-refractivity contribution in [3.05, 3.63) is 29.8 Å². The smallest absolute Gasteiger partial charge is 0.321 e. The highest BCUT2D eigenvalue weighted by Gasteiger charge is 2.27. The van der Waals surface area contributed by atoms with Crippen LogP contribution in [0.4, 0.5) is 4.79 Å². The molecule has 0 bridgehead atoms. The summed E-state index contributed by atoms with van der Waals surface area (Å²) in [4.78, 5) is 34.4. The van der Waals surface area contributed by atoms with Crippen LogP contribution in [0.2, 0.25) is 0 Å². The van der Waals surface area contributed by atoms with E-state index < -0.39 is 18.0 Å². The van der Waals surface area contributed by atoms with Crippen LogP contribution in [-0.2, 0) is 4.79 Å². The van der Waals surface area contributed by atoms with Gasteiger partial charge in [-0.05, 0) is 31.2 Å². The molecule has 2 rings (SSSR count). The fourth-order valence-electron chi connectivity index (χ4n) is 1.76. The summed E-state index contributed by atoms with van der Waals surface area (Å²) in [7, 11) is 0. The van der Waals surface area contributed by atoms with Crippen molar-refractivity contribution in [1.82, 2.24) is 16.0 Å². The number of carbonyl (C=O) groups excluding carboxylic acids is 3. The second-order valence-corrected chi connectivity index (χ2v) is 4.18. The Kier molecular flexibility index (Phi) is 4.19. The number of ether oxygens (including phenoxy) is 1. The molecule has 0 spiro atoms. The summed E-state index contributed by atoms with van der Waals surface area (Å²) in [6.07, 6.45) is 0. The molecular weight excluding hydrogens is 262 g/mol. The van der Waals surface area contributed by atoms with Gasteiger partial charge in [-0.1, -0.05) is 0 Å². The summed E-state index contributed by atoms with van der Waals surface area (Å²) in [5, 5.41) is 7.08. The molecule has 0 aliphatic carbocycles. The van der Waals surface area contributed by atoms with Crippen LogP contribution >= 0.6 is 0 Å². The van der Waals surface area contributed by atoms with Crippen molar-refractivity contribution < 1.29 is 19.1 Å². The highest BCUT2D eigenvalue weighted by atomic mass is 16.5. The van der Waals surface area contributed by atoms with Gasteiger partial charge in [0, 0.05) is 12.1 Å². The van der Waals surface area contributed by atoms with Crippen molar-refractivity contribution >= 4 is 17.8 Å². The minimum Gasteiger partial charge on any atom is -0.494 e. The molecule has 0 saturated carbocycles. The van der Waals surface area contributed by atoms with Gasteiger partial charge in [0.05, 0.1) is 6.61 Å². The molecule has 7 heteroatoms. The lowest BCUT2D eigenvalue weighted by Crippen LogP contribution is -2.60. The molecule has 1 fully saturated rings. The zero-order valence-electron chi connectivity index (χ0n) is 10.9. The van der Waals surface area contributed by atoms with Crippen molar-refractivity contribution in [2.75, 3.05) is 13.2 Å². The Balaban J connectivity index is 1.97. The van der Waals surface area contributed by atoms with Crippen molar-refractivity contribution in [2.45, 2.75) is 13.0 Å². The van der Waals surface area contributed by atoms with E-state index >= 15 is 0 Å². The molecule has 106 valence electrons. The van der Waals surface area contributed by atoms with Gasteiger partial charge in [-0.3, -0.25) is 14.9 Å². The standard InChI is InChI=1S/C13H15N3O4/c1-2-20-9-5-3-8(4-6-9)11(17)15-10-7-14-13(19)16-12(10)18/h3-6,10H,2,7H2,1H3,(H,15,17)(H2,14,16,18,19). The van der Waals surface area contributed by atoms with E-state index in [2.05, 4.69) is 16.0 Å². The average molecular weight is 277 g/mol. The average Bonchev–Trinajstić information content (AvgIpc) is 2.43. The van der Waals surface area contributed by atoms with E-state index in [-0.39, 0.29) is 12.5 Å². The van der Waals surface area contributed by atoms with Gasteiger partial charge in [0.1, 0.15) is 11.8 Å². The molecule has 0 radical (unpaired) electrons. The predicted octanol–water partition coefficient (Wildman–Crippen LogP) is 0.0231. The van der Waals surface area contributed by atoms with Crippen molar-refractivity contribution in [3.63, 3.8) is 0 Å².